The van der Waals surface area contributed by atoms with Gasteiger partial charge in [-0.3, -0.25) is 9.97 Å². The first kappa shape index (κ1) is 9.79. The number of imidazole rings is 1. The SMILES string of the molecule is Clc1nc2c(ccc3c2ccc2nccnc23)[nH]1. The lowest BCUT2D eigenvalue weighted by atomic mass is 10.1. The molecule has 0 aliphatic heterocycles. The average molecular weight is 255 g/mol. The second-order valence-corrected chi connectivity index (χ2v) is 4.43. The van der Waals surface area contributed by atoms with Crippen molar-refractivity contribution in [2.45, 2.75) is 0 Å². The van der Waals surface area contributed by atoms with Crippen LogP contribution in [0.15, 0.2) is 36.7 Å². The van der Waals surface area contributed by atoms with Gasteiger partial charge in [-0.05, 0) is 35.9 Å². The zero-order valence-electron chi connectivity index (χ0n) is 9.18. The molecule has 0 aliphatic carbocycles. The number of fused-ring (bicyclic) bond motifs is 5. The van der Waals surface area contributed by atoms with E-state index in [9.17, 15) is 0 Å². The van der Waals surface area contributed by atoms with Crippen LogP contribution in [0.5, 0.6) is 0 Å². The van der Waals surface area contributed by atoms with Crippen LogP contribution < -0.4 is 0 Å². The molecule has 18 heavy (non-hydrogen) atoms. The summed E-state index contributed by atoms with van der Waals surface area (Å²) in [5, 5.41) is 2.47. The highest BCUT2D eigenvalue weighted by molar-refractivity contribution is 6.29. The molecule has 4 aromatic rings. The van der Waals surface area contributed by atoms with Crippen LogP contribution in [-0.4, -0.2) is 19.9 Å². The van der Waals surface area contributed by atoms with Crippen LogP contribution in [0.4, 0.5) is 0 Å². The van der Waals surface area contributed by atoms with Gasteiger partial charge < -0.3 is 4.98 Å². The Morgan fingerprint density at radius 2 is 1.67 bits per heavy atom. The monoisotopic (exact) mass is 254 g/mol. The third-order valence-electron chi connectivity index (χ3n) is 3.05. The lowest BCUT2D eigenvalue weighted by molar-refractivity contribution is 1.30. The molecule has 5 heteroatoms. The van der Waals surface area contributed by atoms with Gasteiger partial charge in [-0.15, -0.1) is 0 Å². The lowest BCUT2D eigenvalue weighted by Gasteiger charge is -2.02. The van der Waals surface area contributed by atoms with E-state index in [1.807, 2.05) is 24.3 Å². The molecule has 2 aromatic carbocycles. The van der Waals surface area contributed by atoms with Crippen molar-refractivity contribution in [1.29, 1.82) is 0 Å². The summed E-state index contributed by atoms with van der Waals surface area (Å²) in [5.41, 5.74) is 3.56. The van der Waals surface area contributed by atoms with Crippen LogP contribution in [0.25, 0.3) is 32.8 Å². The Bertz CT molecular complexity index is 897. The number of hydrogen-bond acceptors (Lipinski definition) is 3. The van der Waals surface area contributed by atoms with Crippen molar-refractivity contribution in [3.63, 3.8) is 0 Å². The molecule has 0 spiro atoms. The van der Waals surface area contributed by atoms with Gasteiger partial charge in [0, 0.05) is 23.2 Å². The van der Waals surface area contributed by atoms with Crippen molar-refractivity contribution < 1.29 is 0 Å². The highest BCUT2D eigenvalue weighted by atomic mass is 35.5. The van der Waals surface area contributed by atoms with E-state index in [-0.39, 0.29) is 0 Å². The molecule has 0 radical (unpaired) electrons. The molecule has 0 atom stereocenters. The number of nitrogens with one attached hydrogen (secondary N) is 1. The van der Waals surface area contributed by atoms with E-state index in [1.165, 1.54) is 0 Å². The maximum absolute atomic E-state index is 5.91. The molecule has 0 fully saturated rings. The minimum atomic E-state index is 0.400. The van der Waals surface area contributed by atoms with E-state index < -0.39 is 0 Å². The van der Waals surface area contributed by atoms with E-state index in [4.69, 9.17) is 11.6 Å². The quantitative estimate of drug-likeness (QED) is 0.490. The molecule has 4 nitrogen and oxygen atoms in total. The second kappa shape index (κ2) is 3.40. The smallest absolute Gasteiger partial charge is 0.201 e. The highest BCUT2D eigenvalue weighted by Gasteiger charge is 2.08. The van der Waals surface area contributed by atoms with Crippen molar-refractivity contribution >= 4 is 44.4 Å². The maximum Gasteiger partial charge on any atom is 0.201 e. The van der Waals surface area contributed by atoms with Gasteiger partial charge in [0.15, 0.2) is 0 Å². The fraction of sp³-hybridized carbons (Fsp3) is 0. The molecule has 4 rings (SSSR count). The van der Waals surface area contributed by atoms with E-state index in [1.54, 1.807) is 12.4 Å². The zero-order valence-corrected chi connectivity index (χ0v) is 9.94. The highest BCUT2D eigenvalue weighted by Crippen LogP contribution is 2.28. The van der Waals surface area contributed by atoms with Crippen molar-refractivity contribution in [3.8, 4) is 0 Å². The number of halogens is 1. The Morgan fingerprint density at radius 1 is 0.889 bits per heavy atom. The number of hydrogen-bond donors (Lipinski definition) is 1. The molecule has 0 aliphatic rings. The molecule has 2 heterocycles. The van der Waals surface area contributed by atoms with Gasteiger partial charge >= 0.3 is 0 Å². The first-order valence-corrected chi connectivity index (χ1v) is 5.88. The Labute approximate surface area is 107 Å². The lowest BCUT2D eigenvalue weighted by Crippen LogP contribution is -1.85. The summed E-state index contributed by atoms with van der Waals surface area (Å²) in [7, 11) is 0. The van der Waals surface area contributed by atoms with Crippen LogP contribution in [0.1, 0.15) is 0 Å². The van der Waals surface area contributed by atoms with Crippen molar-refractivity contribution in [3.05, 3.63) is 41.9 Å². The molecule has 0 saturated carbocycles. The summed E-state index contributed by atoms with van der Waals surface area (Å²) < 4.78 is 0. The minimum Gasteiger partial charge on any atom is -0.329 e. The number of aromatic nitrogens is 4. The summed E-state index contributed by atoms with van der Waals surface area (Å²) in [5.74, 6) is 0. The number of rotatable bonds is 0. The van der Waals surface area contributed by atoms with Crippen LogP contribution in [0.3, 0.4) is 0 Å². The van der Waals surface area contributed by atoms with Gasteiger partial charge in [0.2, 0.25) is 5.28 Å². The first-order chi connectivity index (χ1) is 8.83. The van der Waals surface area contributed by atoms with Crippen molar-refractivity contribution in [2.24, 2.45) is 0 Å². The third kappa shape index (κ3) is 1.23. The average Bonchev–Trinajstić information content (AvgIpc) is 2.79. The molecule has 0 bridgehead atoms. The molecular formula is C13H7ClN4. The van der Waals surface area contributed by atoms with Gasteiger partial charge in [-0.25, -0.2) is 4.98 Å². The van der Waals surface area contributed by atoms with E-state index in [0.717, 1.165) is 32.8 Å². The number of nitrogens with zero attached hydrogens (tertiary/aromatic N) is 3. The number of aromatic amines is 1. The van der Waals surface area contributed by atoms with Gasteiger partial charge in [-0.1, -0.05) is 0 Å². The predicted octanol–water partition coefficient (Wildman–Crippen LogP) is 3.31. The Hall–Kier alpha value is -2.20. The third-order valence-corrected chi connectivity index (χ3v) is 3.23. The molecule has 0 amide bonds. The van der Waals surface area contributed by atoms with Gasteiger partial charge in [-0.2, -0.15) is 0 Å². The first-order valence-electron chi connectivity index (χ1n) is 5.50. The summed E-state index contributed by atoms with van der Waals surface area (Å²) in [6.07, 6.45) is 3.39. The van der Waals surface area contributed by atoms with E-state index in [0.29, 0.717) is 5.28 Å². The van der Waals surface area contributed by atoms with E-state index in [2.05, 4.69) is 19.9 Å². The Kier molecular flexibility index (Phi) is 1.85. The van der Waals surface area contributed by atoms with Gasteiger partial charge in [0.1, 0.15) is 0 Å². The number of H-pyrrole nitrogens is 1. The summed E-state index contributed by atoms with van der Waals surface area (Å²) in [6, 6.07) is 7.94. The topological polar surface area (TPSA) is 54.5 Å². The Balaban J connectivity index is 2.30. The zero-order chi connectivity index (χ0) is 12.1. The number of benzene rings is 2. The van der Waals surface area contributed by atoms with Crippen molar-refractivity contribution in [1.82, 2.24) is 19.9 Å². The fourth-order valence-corrected chi connectivity index (χ4v) is 2.47. The molecule has 1 N–H and O–H groups in total. The van der Waals surface area contributed by atoms with E-state index >= 15 is 0 Å². The van der Waals surface area contributed by atoms with Crippen LogP contribution in [0, 0.1) is 0 Å². The summed E-state index contributed by atoms with van der Waals surface area (Å²) in [4.78, 5) is 16.0. The second-order valence-electron chi connectivity index (χ2n) is 4.07. The molecule has 0 unspecified atom stereocenters. The van der Waals surface area contributed by atoms with Crippen LogP contribution in [0.2, 0.25) is 5.28 Å². The van der Waals surface area contributed by atoms with Crippen LogP contribution >= 0.6 is 11.6 Å². The largest absolute Gasteiger partial charge is 0.329 e. The standard InChI is InChI=1S/C13H7ClN4/c14-13-17-10-4-2-7-8(12(10)18-13)1-3-9-11(7)16-6-5-15-9/h1-6H,(H,17,18). The maximum atomic E-state index is 5.91. The van der Waals surface area contributed by atoms with Gasteiger partial charge in [0.25, 0.3) is 0 Å². The minimum absolute atomic E-state index is 0.400. The van der Waals surface area contributed by atoms with Crippen molar-refractivity contribution in [2.75, 3.05) is 0 Å². The normalized spacial score (nSPS) is 11.6. The van der Waals surface area contributed by atoms with Gasteiger partial charge in [0.05, 0.1) is 22.1 Å². The molecule has 86 valence electrons. The molecule has 2 aromatic heterocycles. The molecule has 0 saturated heterocycles. The summed E-state index contributed by atoms with van der Waals surface area (Å²) >= 11 is 5.91. The fourth-order valence-electron chi connectivity index (χ4n) is 2.28. The summed E-state index contributed by atoms with van der Waals surface area (Å²) in [6.45, 7) is 0. The predicted molar refractivity (Wildman–Crippen MR) is 71.7 cm³/mol. The molecular weight excluding hydrogens is 248 g/mol. The van der Waals surface area contributed by atoms with Crippen LogP contribution in [-0.2, 0) is 0 Å². The Morgan fingerprint density at radius 3 is 2.61 bits per heavy atom.